The van der Waals surface area contributed by atoms with Crippen molar-refractivity contribution in [3.05, 3.63) is 60.0 Å². The van der Waals surface area contributed by atoms with Crippen molar-refractivity contribution in [2.24, 2.45) is 0 Å². The lowest BCUT2D eigenvalue weighted by molar-refractivity contribution is 1.02. The number of nitrogens with zero attached hydrogens (tertiary/aromatic N) is 3. The van der Waals surface area contributed by atoms with Crippen molar-refractivity contribution in [3.8, 4) is 0 Å². The van der Waals surface area contributed by atoms with Gasteiger partial charge in [0.2, 0.25) is 0 Å². The van der Waals surface area contributed by atoms with Gasteiger partial charge in [-0.05, 0) is 24.3 Å². The minimum atomic E-state index is 0.472. The Labute approximate surface area is 105 Å². The van der Waals surface area contributed by atoms with E-state index >= 15 is 0 Å². The van der Waals surface area contributed by atoms with Gasteiger partial charge in [0.05, 0.1) is 16.7 Å². The van der Waals surface area contributed by atoms with Crippen LogP contribution in [0.3, 0.4) is 0 Å². The van der Waals surface area contributed by atoms with E-state index in [4.69, 9.17) is 5.73 Å². The highest BCUT2D eigenvalue weighted by atomic mass is 14.9. The number of para-hydroxylation sites is 2. The van der Waals surface area contributed by atoms with Crippen LogP contribution in [-0.4, -0.2) is 15.0 Å². The van der Waals surface area contributed by atoms with Crippen molar-refractivity contribution in [2.45, 2.75) is 6.42 Å². The third-order valence-corrected chi connectivity index (χ3v) is 2.75. The molecule has 3 rings (SSSR count). The molecule has 0 amide bonds. The van der Waals surface area contributed by atoms with Gasteiger partial charge in [0.1, 0.15) is 5.82 Å². The fraction of sp³-hybridized carbons (Fsp3) is 0.0714. The zero-order valence-electron chi connectivity index (χ0n) is 9.74. The minimum absolute atomic E-state index is 0.472. The number of hydrogen-bond donors (Lipinski definition) is 1. The quantitative estimate of drug-likeness (QED) is 0.740. The average Bonchev–Trinajstić information content (AvgIpc) is 2.41. The lowest BCUT2D eigenvalue weighted by Crippen LogP contribution is -2.03. The summed E-state index contributed by atoms with van der Waals surface area (Å²) in [4.78, 5) is 13.2. The molecule has 0 spiro atoms. The molecule has 2 N–H and O–H groups in total. The van der Waals surface area contributed by atoms with Crippen molar-refractivity contribution >= 4 is 16.9 Å². The average molecular weight is 236 g/mol. The van der Waals surface area contributed by atoms with E-state index in [0.717, 1.165) is 22.4 Å². The SMILES string of the molecule is Nc1nc2ccccc2nc1Cc1ccccn1. The van der Waals surface area contributed by atoms with Gasteiger partial charge >= 0.3 is 0 Å². The summed E-state index contributed by atoms with van der Waals surface area (Å²) in [6.07, 6.45) is 2.37. The Kier molecular flexibility index (Phi) is 2.61. The number of anilines is 1. The van der Waals surface area contributed by atoms with Gasteiger partial charge in [-0.1, -0.05) is 18.2 Å². The van der Waals surface area contributed by atoms with E-state index < -0.39 is 0 Å². The second-order valence-corrected chi connectivity index (χ2v) is 4.04. The summed E-state index contributed by atoms with van der Waals surface area (Å²) in [5.74, 6) is 0.472. The molecule has 4 heteroatoms. The van der Waals surface area contributed by atoms with E-state index in [2.05, 4.69) is 15.0 Å². The Morgan fingerprint density at radius 1 is 0.889 bits per heavy atom. The number of nitrogens with two attached hydrogens (primary N) is 1. The van der Waals surface area contributed by atoms with E-state index in [0.29, 0.717) is 12.2 Å². The van der Waals surface area contributed by atoms with Gasteiger partial charge in [0.25, 0.3) is 0 Å². The molecule has 0 aliphatic heterocycles. The Bertz CT molecular complexity index is 680. The molecule has 0 aliphatic rings. The van der Waals surface area contributed by atoms with Crippen LogP contribution in [0.1, 0.15) is 11.4 Å². The Morgan fingerprint density at radius 2 is 1.61 bits per heavy atom. The van der Waals surface area contributed by atoms with E-state index in [1.165, 1.54) is 0 Å². The highest BCUT2D eigenvalue weighted by Gasteiger charge is 2.07. The molecule has 0 saturated carbocycles. The Balaban J connectivity index is 2.04. The number of fused-ring (bicyclic) bond motifs is 1. The molecular formula is C14H12N4. The highest BCUT2D eigenvalue weighted by Crippen LogP contribution is 2.16. The van der Waals surface area contributed by atoms with Gasteiger partial charge < -0.3 is 5.73 Å². The first-order valence-electron chi connectivity index (χ1n) is 5.74. The van der Waals surface area contributed by atoms with Gasteiger partial charge in [-0.25, -0.2) is 9.97 Å². The van der Waals surface area contributed by atoms with Crippen molar-refractivity contribution in [1.29, 1.82) is 0 Å². The van der Waals surface area contributed by atoms with Gasteiger partial charge in [0, 0.05) is 18.3 Å². The van der Waals surface area contributed by atoms with Crippen molar-refractivity contribution in [2.75, 3.05) is 5.73 Å². The predicted octanol–water partition coefficient (Wildman–Crippen LogP) is 2.20. The van der Waals surface area contributed by atoms with Crippen LogP contribution in [0.5, 0.6) is 0 Å². The first kappa shape index (κ1) is 10.7. The molecule has 2 aromatic heterocycles. The highest BCUT2D eigenvalue weighted by molar-refractivity contribution is 5.75. The Morgan fingerprint density at radius 3 is 2.33 bits per heavy atom. The normalized spacial score (nSPS) is 10.7. The van der Waals surface area contributed by atoms with E-state index in [-0.39, 0.29) is 0 Å². The zero-order valence-corrected chi connectivity index (χ0v) is 9.74. The molecular weight excluding hydrogens is 224 g/mol. The molecule has 0 atom stereocenters. The number of hydrogen-bond acceptors (Lipinski definition) is 4. The van der Waals surface area contributed by atoms with Crippen LogP contribution in [0.2, 0.25) is 0 Å². The molecule has 2 heterocycles. The van der Waals surface area contributed by atoms with Gasteiger partial charge in [-0.15, -0.1) is 0 Å². The summed E-state index contributed by atoms with van der Waals surface area (Å²) in [7, 11) is 0. The van der Waals surface area contributed by atoms with Crippen molar-refractivity contribution < 1.29 is 0 Å². The summed E-state index contributed by atoms with van der Waals surface area (Å²) in [6, 6.07) is 13.5. The molecule has 88 valence electrons. The maximum Gasteiger partial charge on any atom is 0.146 e. The largest absolute Gasteiger partial charge is 0.382 e. The third kappa shape index (κ3) is 2.00. The Hall–Kier alpha value is -2.49. The van der Waals surface area contributed by atoms with Crippen LogP contribution in [-0.2, 0) is 6.42 Å². The fourth-order valence-corrected chi connectivity index (χ4v) is 1.85. The van der Waals surface area contributed by atoms with Crippen LogP contribution in [0.25, 0.3) is 11.0 Å². The summed E-state index contributed by atoms with van der Waals surface area (Å²) in [5, 5.41) is 0. The minimum Gasteiger partial charge on any atom is -0.382 e. The van der Waals surface area contributed by atoms with Gasteiger partial charge in [-0.3, -0.25) is 4.98 Å². The lowest BCUT2D eigenvalue weighted by Gasteiger charge is -2.05. The number of benzene rings is 1. The second-order valence-electron chi connectivity index (χ2n) is 4.04. The van der Waals surface area contributed by atoms with Crippen LogP contribution in [0.15, 0.2) is 48.7 Å². The molecule has 0 bridgehead atoms. The molecule has 0 radical (unpaired) electrons. The lowest BCUT2D eigenvalue weighted by atomic mass is 10.2. The number of nitrogen functional groups attached to an aromatic ring is 1. The second kappa shape index (κ2) is 4.41. The molecule has 18 heavy (non-hydrogen) atoms. The number of rotatable bonds is 2. The number of pyridine rings is 1. The summed E-state index contributed by atoms with van der Waals surface area (Å²) < 4.78 is 0. The molecule has 0 unspecified atom stereocenters. The van der Waals surface area contributed by atoms with Crippen LogP contribution < -0.4 is 5.73 Å². The topological polar surface area (TPSA) is 64.7 Å². The monoisotopic (exact) mass is 236 g/mol. The van der Waals surface area contributed by atoms with E-state index in [9.17, 15) is 0 Å². The standard InChI is InChI=1S/C14H12N4/c15-14-13(9-10-5-3-4-8-16-10)17-11-6-1-2-7-12(11)18-14/h1-8H,9H2,(H2,15,18). The maximum absolute atomic E-state index is 5.93. The fourth-order valence-electron chi connectivity index (χ4n) is 1.85. The summed E-state index contributed by atoms with van der Waals surface area (Å²) >= 11 is 0. The molecule has 1 aromatic carbocycles. The smallest absolute Gasteiger partial charge is 0.146 e. The summed E-state index contributed by atoms with van der Waals surface area (Å²) in [6.45, 7) is 0. The predicted molar refractivity (Wildman–Crippen MR) is 71.0 cm³/mol. The van der Waals surface area contributed by atoms with Crippen molar-refractivity contribution in [1.82, 2.24) is 15.0 Å². The zero-order chi connectivity index (χ0) is 12.4. The molecule has 3 aromatic rings. The van der Waals surface area contributed by atoms with Gasteiger partial charge in [0.15, 0.2) is 0 Å². The molecule has 0 aliphatic carbocycles. The van der Waals surface area contributed by atoms with Crippen LogP contribution in [0, 0.1) is 0 Å². The molecule has 0 saturated heterocycles. The summed E-state index contributed by atoms with van der Waals surface area (Å²) in [5.41, 5.74) is 9.32. The third-order valence-electron chi connectivity index (χ3n) is 2.75. The first-order chi connectivity index (χ1) is 8.83. The van der Waals surface area contributed by atoms with E-state index in [1.807, 2.05) is 42.5 Å². The van der Waals surface area contributed by atoms with Gasteiger partial charge in [-0.2, -0.15) is 0 Å². The molecule has 0 fully saturated rings. The van der Waals surface area contributed by atoms with Crippen LogP contribution in [0.4, 0.5) is 5.82 Å². The van der Waals surface area contributed by atoms with Crippen LogP contribution >= 0.6 is 0 Å². The molecule has 4 nitrogen and oxygen atoms in total. The maximum atomic E-state index is 5.93. The van der Waals surface area contributed by atoms with E-state index in [1.54, 1.807) is 6.20 Å². The first-order valence-corrected chi connectivity index (χ1v) is 5.74. The van der Waals surface area contributed by atoms with Crippen molar-refractivity contribution in [3.63, 3.8) is 0 Å². The number of aromatic nitrogens is 3.